The van der Waals surface area contributed by atoms with Gasteiger partial charge >= 0.3 is 0 Å². The molecule has 0 aromatic heterocycles. The van der Waals surface area contributed by atoms with E-state index in [0.717, 1.165) is 6.42 Å². The molecule has 1 fully saturated rings. The number of carbonyl (C=O) groups excluding carboxylic acids is 2. The van der Waals surface area contributed by atoms with Gasteiger partial charge in [0, 0.05) is 31.1 Å². The van der Waals surface area contributed by atoms with Crippen molar-refractivity contribution in [1.82, 2.24) is 4.90 Å². The van der Waals surface area contributed by atoms with Gasteiger partial charge in [-0.1, -0.05) is 13.3 Å². The first-order valence-electron chi connectivity index (χ1n) is 7.98. The Bertz CT molecular complexity index is 626. The van der Waals surface area contributed by atoms with Gasteiger partial charge in [0.2, 0.25) is 5.91 Å². The van der Waals surface area contributed by atoms with Crippen LogP contribution < -0.4 is 5.32 Å². The zero-order valence-electron chi connectivity index (χ0n) is 13.6. The maximum absolute atomic E-state index is 12.4. The number of carbonyl (C=O) groups is 2. The van der Waals surface area contributed by atoms with E-state index in [0.29, 0.717) is 39.1 Å². The minimum Gasteiger partial charge on any atom is -0.378 e. The van der Waals surface area contributed by atoms with Crippen molar-refractivity contribution in [3.05, 3.63) is 33.9 Å². The summed E-state index contributed by atoms with van der Waals surface area (Å²) in [5.41, 5.74) is 0.0637. The number of morpholine rings is 1. The van der Waals surface area contributed by atoms with Gasteiger partial charge in [0.05, 0.1) is 18.1 Å². The molecule has 24 heavy (non-hydrogen) atoms. The van der Waals surface area contributed by atoms with E-state index < -0.39 is 4.92 Å². The van der Waals surface area contributed by atoms with Crippen molar-refractivity contribution < 1.29 is 19.2 Å². The maximum Gasteiger partial charge on any atom is 0.293 e. The molecule has 1 saturated heterocycles. The standard InChI is InChI=1S/C16H21N3O5/c1-2-3-4-15(20)17-13-6-5-12(11-14(13)19(22)23)16(21)18-7-9-24-10-8-18/h5-6,11H,2-4,7-10H2,1H3,(H,17,20). The lowest BCUT2D eigenvalue weighted by Crippen LogP contribution is -2.40. The molecule has 2 amide bonds. The smallest absolute Gasteiger partial charge is 0.293 e. The summed E-state index contributed by atoms with van der Waals surface area (Å²) in [6.45, 7) is 3.80. The Morgan fingerprint density at radius 1 is 1.33 bits per heavy atom. The molecular weight excluding hydrogens is 314 g/mol. The first kappa shape index (κ1) is 17.9. The molecule has 1 aromatic rings. The van der Waals surface area contributed by atoms with E-state index in [-0.39, 0.29) is 28.8 Å². The number of rotatable bonds is 6. The van der Waals surface area contributed by atoms with E-state index in [2.05, 4.69) is 5.32 Å². The summed E-state index contributed by atoms with van der Waals surface area (Å²) in [4.78, 5) is 36.5. The number of nitrogens with one attached hydrogen (secondary N) is 1. The molecular formula is C16H21N3O5. The van der Waals surface area contributed by atoms with Crippen LogP contribution in [0.5, 0.6) is 0 Å². The monoisotopic (exact) mass is 335 g/mol. The largest absolute Gasteiger partial charge is 0.378 e. The fraction of sp³-hybridized carbons (Fsp3) is 0.500. The summed E-state index contributed by atoms with van der Waals surface area (Å²) in [5.74, 6) is -0.544. The molecule has 0 bridgehead atoms. The predicted octanol–water partition coefficient (Wildman–Crippen LogP) is 2.20. The van der Waals surface area contributed by atoms with Crippen molar-refractivity contribution in [1.29, 1.82) is 0 Å². The lowest BCUT2D eigenvalue weighted by atomic mass is 10.1. The van der Waals surface area contributed by atoms with E-state index in [4.69, 9.17) is 4.74 Å². The van der Waals surface area contributed by atoms with Crippen LogP contribution in [0.4, 0.5) is 11.4 Å². The van der Waals surface area contributed by atoms with Crippen LogP contribution in [0.2, 0.25) is 0 Å². The Morgan fingerprint density at radius 2 is 2.04 bits per heavy atom. The fourth-order valence-electron chi connectivity index (χ4n) is 2.42. The molecule has 0 unspecified atom stereocenters. The zero-order chi connectivity index (χ0) is 17.5. The van der Waals surface area contributed by atoms with E-state index in [1.54, 1.807) is 4.90 Å². The van der Waals surface area contributed by atoms with Crippen LogP contribution in [0.3, 0.4) is 0 Å². The van der Waals surface area contributed by atoms with Crippen LogP contribution in [-0.2, 0) is 9.53 Å². The molecule has 1 aromatic carbocycles. The molecule has 0 aliphatic carbocycles. The molecule has 2 rings (SSSR count). The van der Waals surface area contributed by atoms with Gasteiger partial charge in [0.15, 0.2) is 0 Å². The normalized spacial score (nSPS) is 14.3. The molecule has 8 nitrogen and oxygen atoms in total. The number of hydrogen-bond acceptors (Lipinski definition) is 5. The minimum absolute atomic E-state index is 0.111. The van der Waals surface area contributed by atoms with Crippen LogP contribution in [0.25, 0.3) is 0 Å². The number of unbranched alkanes of at least 4 members (excludes halogenated alkanes) is 1. The highest BCUT2D eigenvalue weighted by Crippen LogP contribution is 2.26. The van der Waals surface area contributed by atoms with Crippen molar-refractivity contribution in [3.8, 4) is 0 Å². The highest BCUT2D eigenvalue weighted by Gasteiger charge is 2.23. The number of hydrogen-bond donors (Lipinski definition) is 1. The molecule has 8 heteroatoms. The predicted molar refractivity (Wildman–Crippen MR) is 88.0 cm³/mol. The second-order valence-electron chi connectivity index (χ2n) is 5.55. The van der Waals surface area contributed by atoms with Gasteiger partial charge in [-0.25, -0.2) is 0 Å². The number of nitrogens with zero attached hydrogens (tertiary/aromatic N) is 2. The molecule has 1 aliphatic rings. The third-order valence-electron chi connectivity index (χ3n) is 3.77. The summed E-state index contributed by atoms with van der Waals surface area (Å²) in [6, 6.07) is 4.13. The van der Waals surface area contributed by atoms with Crippen LogP contribution >= 0.6 is 0 Å². The zero-order valence-corrected chi connectivity index (χ0v) is 13.6. The Kier molecular flexibility index (Phi) is 6.25. The first-order valence-corrected chi connectivity index (χ1v) is 7.98. The van der Waals surface area contributed by atoms with Crippen LogP contribution in [0, 0.1) is 10.1 Å². The Balaban J connectivity index is 2.18. The van der Waals surface area contributed by atoms with Crippen LogP contribution in [-0.4, -0.2) is 47.9 Å². The highest BCUT2D eigenvalue weighted by atomic mass is 16.6. The number of ether oxygens (including phenoxy) is 1. The van der Waals surface area contributed by atoms with Crippen LogP contribution in [0.1, 0.15) is 36.5 Å². The number of amides is 2. The molecule has 1 N–H and O–H groups in total. The van der Waals surface area contributed by atoms with Gasteiger partial charge < -0.3 is 15.0 Å². The van der Waals surface area contributed by atoms with E-state index >= 15 is 0 Å². The van der Waals surface area contributed by atoms with Gasteiger partial charge in [0.25, 0.3) is 11.6 Å². The van der Waals surface area contributed by atoms with Crippen molar-refractivity contribution in [3.63, 3.8) is 0 Å². The third-order valence-corrected chi connectivity index (χ3v) is 3.77. The highest BCUT2D eigenvalue weighted by molar-refractivity contribution is 5.98. The Hall–Kier alpha value is -2.48. The molecule has 0 atom stereocenters. The topological polar surface area (TPSA) is 102 Å². The number of anilines is 1. The summed E-state index contributed by atoms with van der Waals surface area (Å²) in [5, 5.41) is 13.8. The van der Waals surface area contributed by atoms with E-state index in [9.17, 15) is 19.7 Å². The third kappa shape index (κ3) is 4.51. The number of benzene rings is 1. The average Bonchev–Trinajstić information content (AvgIpc) is 2.60. The fourth-order valence-corrected chi connectivity index (χ4v) is 2.42. The molecule has 0 spiro atoms. The van der Waals surface area contributed by atoms with Crippen molar-refractivity contribution in [2.75, 3.05) is 31.6 Å². The summed E-state index contributed by atoms with van der Waals surface area (Å²) >= 11 is 0. The molecule has 1 heterocycles. The van der Waals surface area contributed by atoms with E-state index in [1.165, 1.54) is 18.2 Å². The number of nitro benzene ring substituents is 1. The van der Waals surface area contributed by atoms with Gasteiger partial charge in [-0.15, -0.1) is 0 Å². The number of nitro groups is 1. The van der Waals surface area contributed by atoms with E-state index in [1.807, 2.05) is 6.92 Å². The summed E-state index contributed by atoms with van der Waals surface area (Å²) in [7, 11) is 0. The maximum atomic E-state index is 12.4. The SMILES string of the molecule is CCCCC(=O)Nc1ccc(C(=O)N2CCOCC2)cc1[N+](=O)[O-]. The lowest BCUT2D eigenvalue weighted by Gasteiger charge is -2.26. The van der Waals surface area contributed by atoms with Crippen molar-refractivity contribution in [2.24, 2.45) is 0 Å². The summed E-state index contributed by atoms with van der Waals surface area (Å²) < 4.78 is 5.19. The Morgan fingerprint density at radius 3 is 2.67 bits per heavy atom. The van der Waals surface area contributed by atoms with Crippen molar-refractivity contribution >= 4 is 23.2 Å². The van der Waals surface area contributed by atoms with Crippen LogP contribution in [0.15, 0.2) is 18.2 Å². The summed E-state index contributed by atoms with van der Waals surface area (Å²) in [6.07, 6.45) is 1.89. The second-order valence-corrected chi connectivity index (χ2v) is 5.55. The quantitative estimate of drug-likeness (QED) is 0.634. The van der Waals surface area contributed by atoms with Gasteiger partial charge in [-0.2, -0.15) is 0 Å². The second kappa shape index (κ2) is 8.39. The Labute approximate surface area is 139 Å². The van der Waals surface area contributed by atoms with Gasteiger partial charge in [-0.3, -0.25) is 19.7 Å². The average molecular weight is 335 g/mol. The lowest BCUT2D eigenvalue weighted by molar-refractivity contribution is -0.384. The first-order chi connectivity index (χ1) is 11.5. The molecule has 1 aliphatic heterocycles. The van der Waals surface area contributed by atoms with Gasteiger partial charge in [0.1, 0.15) is 5.69 Å². The minimum atomic E-state index is -0.592. The van der Waals surface area contributed by atoms with Crippen molar-refractivity contribution in [2.45, 2.75) is 26.2 Å². The molecule has 130 valence electrons. The molecule has 0 radical (unpaired) electrons. The molecule has 0 saturated carbocycles. The van der Waals surface area contributed by atoms with Gasteiger partial charge in [-0.05, 0) is 18.6 Å².